The highest BCUT2D eigenvalue weighted by molar-refractivity contribution is 7.10. The summed E-state index contributed by atoms with van der Waals surface area (Å²) in [6.07, 6.45) is 4.05. The molecule has 0 amide bonds. The van der Waals surface area contributed by atoms with Crippen LogP contribution in [0.2, 0.25) is 0 Å². The van der Waals surface area contributed by atoms with Gasteiger partial charge < -0.3 is 21.3 Å². The third-order valence-electron chi connectivity index (χ3n) is 4.24. The maximum absolute atomic E-state index is 5.91. The van der Waals surface area contributed by atoms with E-state index in [9.17, 15) is 0 Å². The Bertz CT molecular complexity index is 605. The highest BCUT2D eigenvalue weighted by Crippen LogP contribution is 2.25. The number of nitrogens with zero attached hydrogens (tertiary/aromatic N) is 1. The molecule has 1 aromatic heterocycles. The number of thiophene rings is 1. The Balaban J connectivity index is 1.37. The minimum Gasteiger partial charge on any atom is -0.397 e. The van der Waals surface area contributed by atoms with Crippen LogP contribution in [0.25, 0.3) is 0 Å². The molecule has 0 atom stereocenters. The smallest absolute Gasteiger partial charge is 0.0574 e. The van der Waals surface area contributed by atoms with E-state index >= 15 is 0 Å². The third kappa shape index (κ3) is 4.62. The molecule has 0 radical (unpaired) electrons. The van der Waals surface area contributed by atoms with Gasteiger partial charge in [-0.3, -0.25) is 0 Å². The summed E-state index contributed by atoms with van der Waals surface area (Å²) in [4.78, 5) is 3.92. The zero-order chi connectivity index (χ0) is 15.9. The molecule has 23 heavy (non-hydrogen) atoms. The molecular weight excluding hydrogens is 304 g/mol. The highest BCUT2D eigenvalue weighted by Gasteiger charge is 2.12. The van der Waals surface area contributed by atoms with Crippen LogP contribution in [0.1, 0.15) is 24.1 Å². The number of rotatable bonds is 7. The molecule has 2 aromatic rings. The number of anilines is 3. The minimum atomic E-state index is 0.803. The van der Waals surface area contributed by atoms with Crippen molar-refractivity contribution in [3.05, 3.63) is 40.6 Å². The number of hydrogen-bond donors (Lipinski definition) is 3. The minimum absolute atomic E-state index is 0.803. The Morgan fingerprint density at radius 3 is 2.74 bits per heavy atom. The van der Waals surface area contributed by atoms with E-state index in [1.165, 1.54) is 42.9 Å². The summed E-state index contributed by atoms with van der Waals surface area (Å²) in [5.74, 6) is 0. The fraction of sp³-hybridized carbons (Fsp3) is 0.444. The van der Waals surface area contributed by atoms with Crippen molar-refractivity contribution in [1.29, 1.82) is 0 Å². The predicted molar refractivity (Wildman–Crippen MR) is 101 cm³/mol. The summed E-state index contributed by atoms with van der Waals surface area (Å²) in [5, 5.41) is 9.16. The van der Waals surface area contributed by atoms with Gasteiger partial charge in [-0.05, 0) is 37.5 Å². The number of nitrogens with two attached hydrogens (primary N) is 1. The first kappa shape index (κ1) is 16.1. The SMILES string of the molecule is Nc1ccccc1NCCNCc1cc(N2CCCCC2)cs1. The zero-order valence-electron chi connectivity index (χ0n) is 13.6. The van der Waals surface area contributed by atoms with E-state index < -0.39 is 0 Å². The van der Waals surface area contributed by atoms with Gasteiger partial charge in [0.1, 0.15) is 0 Å². The Kier molecular flexibility index (Phi) is 5.77. The molecule has 0 saturated carbocycles. The second kappa shape index (κ2) is 8.22. The Morgan fingerprint density at radius 2 is 1.91 bits per heavy atom. The lowest BCUT2D eigenvalue weighted by Gasteiger charge is -2.27. The van der Waals surface area contributed by atoms with Crippen LogP contribution in [0.3, 0.4) is 0 Å². The summed E-state index contributed by atoms with van der Waals surface area (Å²) < 4.78 is 0. The van der Waals surface area contributed by atoms with Gasteiger partial charge in [-0.15, -0.1) is 11.3 Å². The Morgan fingerprint density at radius 1 is 1.09 bits per heavy atom. The lowest BCUT2D eigenvalue weighted by molar-refractivity contribution is 0.578. The monoisotopic (exact) mass is 330 g/mol. The van der Waals surface area contributed by atoms with Gasteiger partial charge in [0.05, 0.1) is 11.4 Å². The molecule has 5 heteroatoms. The number of para-hydroxylation sites is 2. The van der Waals surface area contributed by atoms with Crippen LogP contribution in [0.5, 0.6) is 0 Å². The average Bonchev–Trinajstić information content (AvgIpc) is 3.06. The van der Waals surface area contributed by atoms with Crippen LogP contribution in [-0.4, -0.2) is 26.2 Å². The molecule has 1 aliphatic rings. The van der Waals surface area contributed by atoms with E-state index in [1.807, 2.05) is 35.6 Å². The summed E-state index contributed by atoms with van der Waals surface area (Å²) in [7, 11) is 0. The molecule has 124 valence electrons. The van der Waals surface area contributed by atoms with Gasteiger partial charge in [0, 0.05) is 48.7 Å². The van der Waals surface area contributed by atoms with Crippen LogP contribution >= 0.6 is 11.3 Å². The van der Waals surface area contributed by atoms with Crippen LogP contribution < -0.4 is 21.3 Å². The summed E-state index contributed by atoms with van der Waals surface area (Å²) in [6.45, 7) is 5.16. The Labute approximate surface area is 142 Å². The number of nitrogens with one attached hydrogen (secondary N) is 2. The zero-order valence-corrected chi connectivity index (χ0v) is 14.4. The van der Waals surface area contributed by atoms with Gasteiger partial charge >= 0.3 is 0 Å². The van der Waals surface area contributed by atoms with Crippen LogP contribution in [0, 0.1) is 0 Å². The fourth-order valence-corrected chi connectivity index (χ4v) is 3.80. The summed E-state index contributed by atoms with van der Waals surface area (Å²) in [6, 6.07) is 10.2. The average molecular weight is 331 g/mol. The molecule has 4 N–H and O–H groups in total. The summed E-state index contributed by atoms with van der Waals surface area (Å²) >= 11 is 1.86. The first-order valence-electron chi connectivity index (χ1n) is 8.44. The van der Waals surface area contributed by atoms with Crippen molar-refractivity contribution in [3.63, 3.8) is 0 Å². The molecule has 0 bridgehead atoms. The van der Waals surface area contributed by atoms with Crippen LogP contribution in [0.4, 0.5) is 17.1 Å². The first-order valence-corrected chi connectivity index (χ1v) is 9.32. The van der Waals surface area contributed by atoms with E-state index in [1.54, 1.807) is 0 Å². The van der Waals surface area contributed by atoms with E-state index in [0.717, 1.165) is 31.0 Å². The van der Waals surface area contributed by atoms with E-state index in [4.69, 9.17) is 5.73 Å². The lowest BCUT2D eigenvalue weighted by atomic mass is 10.1. The molecule has 1 aliphatic heterocycles. The largest absolute Gasteiger partial charge is 0.397 e. The molecular formula is C18H26N4S. The Hall–Kier alpha value is -1.72. The molecule has 1 fully saturated rings. The van der Waals surface area contributed by atoms with E-state index in [-0.39, 0.29) is 0 Å². The third-order valence-corrected chi connectivity index (χ3v) is 5.16. The van der Waals surface area contributed by atoms with Gasteiger partial charge in [0.2, 0.25) is 0 Å². The van der Waals surface area contributed by atoms with Crippen molar-refractivity contribution < 1.29 is 0 Å². The van der Waals surface area contributed by atoms with Crippen LogP contribution in [-0.2, 0) is 6.54 Å². The van der Waals surface area contributed by atoms with Gasteiger partial charge in [0.15, 0.2) is 0 Å². The molecule has 4 nitrogen and oxygen atoms in total. The standard InChI is InChI=1S/C18H26N4S/c19-17-6-2-3-7-18(17)21-9-8-20-13-16-12-15(14-23-16)22-10-4-1-5-11-22/h2-3,6-7,12,14,20-21H,1,4-5,8-11,13,19H2. The maximum atomic E-state index is 5.91. The number of benzene rings is 1. The second-order valence-electron chi connectivity index (χ2n) is 6.01. The molecule has 0 unspecified atom stereocenters. The van der Waals surface area contributed by atoms with Crippen molar-refractivity contribution >= 4 is 28.4 Å². The topological polar surface area (TPSA) is 53.3 Å². The number of piperidine rings is 1. The van der Waals surface area contributed by atoms with Gasteiger partial charge in [0.25, 0.3) is 0 Å². The van der Waals surface area contributed by atoms with Gasteiger partial charge in [-0.25, -0.2) is 0 Å². The van der Waals surface area contributed by atoms with Crippen LogP contribution in [0.15, 0.2) is 35.7 Å². The first-order chi connectivity index (χ1) is 11.3. The molecule has 0 aliphatic carbocycles. The molecule has 1 saturated heterocycles. The maximum Gasteiger partial charge on any atom is 0.0574 e. The van der Waals surface area contributed by atoms with Crippen molar-refractivity contribution in [2.45, 2.75) is 25.8 Å². The van der Waals surface area contributed by atoms with Gasteiger partial charge in [-0.2, -0.15) is 0 Å². The number of hydrogen-bond acceptors (Lipinski definition) is 5. The molecule has 2 heterocycles. The highest BCUT2D eigenvalue weighted by atomic mass is 32.1. The second-order valence-corrected chi connectivity index (χ2v) is 7.01. The van der Waals surface area contributed by atoms with E-state index in [2.05, 4.69) is 27.0 Å². The fourth-order valence-electron chi connectivity index (χ4n) is 2.93. The molecule has 3 rings (SSSR count). The predicted octanol–water partition coefficient (Wildman–Crippen LogP) is 3.52. The summed E-state index contributed by atoms with van der Waals surface area (Å²) in [5.41, 5.74) is 9.13. The normalized spacial score (nSPS) is 14.9. The van der Waals surface area contributed by atoms with Crippen molar-refractivity contribution in [1.82, 2.24) is 5.32 Å². The van der Waals surface area contributed by atoms with Gasteiger partial charge in [-0.1, -0.05) is 12.1 Å². The van der Waals surface area contributed by atoms with Crippen molar-refractivity contribution in [3.8, 4) is 0 Å². The molecule has 1 aromatic carbocycles. The lowest BCUT2D eigenvalue weighted by Crippen LogP contribution is -2.28. The molecule has 0 spiro atoms. The van der Waals surface area contributed by atoms with E-state index in [0.29, 0.717) is 0 Å². The van der Waals surface area contributed by atoms with Crippen molar-refractivity contribution in [2.75, 3.05) is 42.1 Å². The van der Waals surface area contributed by atoms with Crippen molar-refractivity contribution in [2.24, 2.45) is 0 Å². The number of nitrogen functional groups attached to an aromatic ring is 1. The quantitative estimate of drug-likeness (QED) is 0.537.